The summed E-state index contributed by atoms with van der Waals surface area (Å²) < 4.78 is 0. The molecule has 0 aromatic heterocycles. The first-order valence-corrected chi connectivity index (χ1v) is 8.52. The fraction of sp³-hybridized carbons (Fsp3) is 0.217. The first-order chi connectivity index (χ1) is 11.2. The zero-order valence-corrected chi connectivity index (χ0v) is 18.9. The van der Waals surface area contributed by atoms with E-state index in [9.17, 15) is 0 Å². The van der Waals surface area contributed by atoms with Gasteiger partial charge in [-0.1, -0.05) is 38.8 Å². The molecule has 1 aliphatic carbocycles. The second-order valence-electron chi connectivity index (χ2n) is 7.37. The fourth-order valence-corrected chi connectivity index (χ4v) is 4.62. The maximum absolute atomic E-state index is 2.43. The van der Waals surface area contributed by atoms with E-state index in [4.69, 9.17) is 0 Å². The van der Waals surface area contributed by atoms with Crippen LogP contribution in [0.15, 0.2) is 60.7 Å². The van der Waals surface area contributed by atoms with Crippen molar-refractivity contribution in [1.82, 2.24) is 0 Å². The molecule has 0 aliphatic heterocycles. The molecule has 0 heterocycles. The van der Waals surface area contributed by atoms with Gasteiger partial charge in [0.25, 0.3) is 0 Å². The molecule has 1 aliphatic rings. The van der Waals surface area contributed by atoms with E-state index in [1.807, 2.05) is 0 Å². The molecule has 26 heavy (non-hydrogen) atoms. The molecule has 0 atom stereocenters. The Morgan fingerprint density at radius 3 is 1.50 bits per heavy atom. The Hall–Kier alpha value is -0.877. The molecule has 0 fully saturated rings. The molecule has 0 nitrogen and oxygen atoms in total. The number of hydrogen-bond donors (Lipinski definition) is 0. The third kappa shape index (κ3) is 2.93. The van der Waals surface area contributed by atoms with E-state index in [0.717, 1.165) is 12.8 Å². The van der Waals surface area contributed by atoms with Gasteiger partial charge in [-0.2, -0.15) is 12.1 Å². The second-order valence-corrected chi connectivity index (χ2v) is 7.37. The van der Waals surface area contributed by atoms with Crippen molar-refractivity contribution in [2.24, 2.45) is 0 Å². The van der Waals surface area contributed by atoms with E-state index in [1.54, 1.807) is 11.1 Å². The largest absolute Gasteiger partial charge is 4.00 e. The normalized spacial score (nSPS) is 14.4. The summed E-state index contributed by atoms with van der Waals surface area (Å²) in [6.07, 6.45) is 2.29. The van der Waals surface area contributed by atoms with E-state index in [2.05, 4.69) is 74.5 Å². The maximum Gasteiger partial charge on any atom is 4.00 e. The molecule has 4 aromatic carbocycles. The Bertz CT molecular complexity index is 969. The molecule has 0 saturated heterocycles. The Balaban J connectivity index is 0.000000810. The zero-order valence-electron chi connectivity index (χ0n) is 14.9. The first-order valence-electron chi connectivity index (χ1n) is 8.52. The molecule has 0 unspecified atom stereocenters. The predicted octanol–water partition coefficient (Wildman–Crippen LogP) is -0.139. The predicted molar refractivity (Wildman–Crippen MR) is 98.6 cm³/mol. The standard InChI is InChI=1S/C23H20.2ClH.Zr/c1-23(2)21-13-15-7-3-5-9-17(15)19(21)11-12-20-18-10-6-4-8-16(18)14-22(20)23;;;/h3-10,13-14H,11-12H2,1-2H3;2*1H;/q-2;;;+4/p-2. The second kappa shape index (κ2) is 7.63. The Kier molecular flexibility index (Phi) is 6.28. The van der Waals surface area contributed by atoms with E-state index >= 15 is 0 Å². The van der Waals surface area contributed by atoms with Crippen molar-refractivity contribution >= 4 is 21.5 Å². The van der Waals surface area contributed by atoms with Gasteiger partial charge in [0, 0.05) is 0 Å². The van der Waals surface area contributed by atoms with Crippen LogP contribution in [0.25, 0.3) is 21.5 Å². The molecular formula is C23H20Cl2Zr. The van der Waals surface area contributed by atoms with Crippen LogP contribution in [0.3, 0.4) is 0 Å². The summed E-state index contributed by atoms with van der Waals surface area (Å²) in [5.74, 6) is 0. The topological polar surface area (TPSA) is 0 Å². The molecule has 0 N–H and O–H groups in total. The van der Waals surface area contributed by atoms with Gasteiger partial charge in [0.15, 0.2) is 0 Å². The summed E-state index contributed by atoms with van der Waals surface area (Å²) in [6, 6.07) is 22.6. The molecule has 3 heteroatoms. The molecule has 0 spiro atoms. The average molecular weight is 459 g/mol. The van der Waals surface area contributed by atoms with Crippen molar-refractivity contribution in [3.05, 3.63) is 82.9 Å². The van der Waals surface area contributed by atoms with E-state index < -0.39 is 0 Å². The van der Waals surface area contributed by atoms with Crippen LogP contribution in [-0.2, 0) is 44.5 Å². The summed E-state index contributed by atoms with van der Waals surface area (Å²) in [5, 5.41) is 5.69. The van der Waals surface area contributed by atoms with Crippen LogP contribution in [0.5, 0.6) is 0 Å². The van der Waals surface area contributed by atoms with Gasteiger partial charge >= 0.3 is 26.2 Å². The smallest absolute Gasteiger partial charge is 1.00 e. The van der Waals surface area contributed by atoms with Crippen LogP contribution in [0.2, 0.25) is 0 Å². The maximum atomic E-state index is 2.43. The number of aryl methyl sites for hydroxylation is 2. The Morgan fingerprint density at radius 1 is 0.692 bits per heavy atom. The van der Waals surface area contributed by atoms with Gasteiger partial charge in [0.1, 0.15) is 0 Å². The fourth-order valence-electron chi connectivity index (χ4n) is 4.62. The number of fused-ring (bicyclic) bond motifs is 6. The minimum absolute atomic E-state index is 0. The van der Waals surface area contributed by atoms with Crippen LogP contribution in [0, 0.1) is 0 Å². The summed E-state index contributed by atoms with van der Waals surface area (Å²) in [5.41, 5.74) is 6.23. The molecule has 130 valence electrons. The van der Waals surface area contributed by atoms with Gasteiger partial charge in [0.05, 0.1) is 0 Å². The number of halogens is 2. The van der Waals surface area contributed by atoms with Gasteiger partial charge in [-0.05, 0) is 5.41 Å². The molecule has 0 saturated carbocycles. The summed E-state index contributed by atoms with van der Waals surface area (Å²) >= 11 is 0. The van der Waals surface area contributed by atoms with Gasteiger partial charge in [-0.25, -0.2) is 0 Å². The van der Waals surface area contributed by atoms with Gasteiger partial charge in [-0.15, -0.1) is 80.2 Å². The van der Waals surface area contributed by atoms with Crippen molar-refractivity contribution in [1.29, 1.82) is 0 Å². The van der Waals surface area contributed by atoms with Gasteiger partial charge in [-0.3, -0.25) is 0 Å². The van der Waals surface area contributed by atoms with Gasteiger partial charge in [0.2, 0.25) is 0 Å². The van der Waals surface area contributed by atoms with Crippen LogP contribution in [0.4, 0.5) is 0 Å². The number of rotatable bonds is 0. The molecule has 0 bridgehead atoms. The van der Waals surface area contributed by atoms with Crippen LogP contribution >= 0.6 is 0 Å². The Labute approximate surface area is 186 Å². The van der Waals surface area contributed by atoms with E-state index in [1.165, 1.54) is 32.7 Å². The third-order valence-corrected chi connectivity index (χ3v) is 5.79. The third-order valence-electron chi connectivity index (χ3n) is 5.79. The average Bonchev–Trinajstić information content (AvgIpc) is 3.09. The zero-order chi connectivity index (χ0) is 15.6. The van der Waals surface area contributed by atoms with Crippen LogP contribution in [0.1, 0.15) is 36.1 Å². The van der Waals surface area contributed by atoms with Crippen molar-refractivity contribution in [2.75, 3.05) is 0 Å². The van der Waals surface area contributed by atoms with Crippen LogP contribution in [-0.4, -0.2) is 0 Å². The number of benzene rings is 2. The molecule has 5 rings (SSSR count). The van der Waals surface area contributed by atoms with Crippen molar-refractivity contribution in [3.63, 3.8) is 0 Å². The van der Waals surface area contributed by atoms with Crippen molar-refractivity contribution < 1.29 is 51.0 Å². The number of hydrogen-bond acceptors (Lipinski definition) is 0. The van der Waals surface area contributed by atoms with Crippen LogP contribution < -0.4 is 24.8 Å². The molecule has 4 aromatic rings. The van der Waals surface area contributed by atoms with E-state index in [0.29, 0.717) is 0 Å². The van der Waals surface area contributed by atoms with Gasteiger partial charge < -0.3 is 24.8 Å². The summed E-state index contributed by atoms with van der Waals surface area (Å²) in [7, 11) is 0. The van der Waals surface area contributed by atoms with Crippen molar-refractivity contribution in [3.8, 4) is 0 Å². The molecule has 0 amide bonds. The quantitative estimate of drug-likeness (QED) is 0.322. The minimum Gasteiger partial charge on any atom is -1.00 e. The molecule has 0 radical (unpaired) electrons. The monoisotopic (exact) mass is 456 g/mol. The van der Waals surface area contributed by atoms with Crippen molar-refractivity contribution in [2.45, 2.75) is 32.1 Å². The Morgan fingerprint density at radius 2 is 1.08 bits per heavy atom. The van der Waals surface area contributed by atoms with E-state index in [-0.39, 0.29) is 56.4 Å². The summed E-state index contributed by atoms with van der Waals surface area (Å²) in [6.45, 7) is 4.79. The summed E-state index contributed by atoms with van der Waals surface area (Å²) in [4.78, 5) is 0. The first kappa shape index (κ1) is 21.4. The minimum atomic E-state index is 0. The molecular weight excluding hydrogens is 438 g/mol. The SMILES string of the molecule is CC1(C)c2cc3ccccc3[c-]2CC[c-]2c1cc1ccccc12.[Cl-].[Cl-].[Zr+4].